The van der Waals surface area contributed by atoms with Gasteiger partial charge in [0.25, 0.3) is 0 Å². The van der Waals surface area contributed by atoms with Crippen LogP contribution in [0, 0.1) is 25.5 Å². The molecule has 18 heavy (non-hydrogen) atoms. The van der Waals surface area contributed by atoms with E-state index in [9.17, 15) is 8.78 Å². The monoisotopic (exact) mass is 246 g/mol. The summed E-state index contributed by atoms with van der Waals surface area (Å²) in [6.45, 7) is 3.60. The number of hydrogen-bond donors (Lipinski definition) is 0. The van der Waals surface area contributed by atoms with Crippen LogP contribution in [0.1, 0.15) is 22.3 Å². The topological polar surface area (TPSA) is 0 Å². The number of halogens is 2. The van der Waals surface area contributed by atoms with E-state index in [1.165, 1.54) is 12.1 Å². The summed E-state index contributed by atoms with van der Waals surface area (Å²) < 4.78 is 27.0. The van der Waals surface area contributed by atoms with Gasteiger partial charge in [0.2, 0.25) is 0 Å². The first-order valence-corrected chi connectivity index (χ1v) is 6.06. The Balaban J connectivity index is 2.09. The van der Waals surface area contributed by atoms with Gasteiger partial charge >= 0.3 is 0 Å². The fraction of sp³-hybridized carbons (Fsp3) is 0.250. The second-order valence-corrected chi connectivity index (χ2v) is 4.68. The molecule has 0 aromatic heterocycles. The average Bonchev–Trinajstić information content (AvgIpc) is 2.32. The lowest BCUT2D eigenvalue weighted by molar-refractivity contribution is 0.605. The Hall–Kier alpha value is -1.70. The van der Waals surface area contributed by atoms with Crippen molar-refractivity contribution in [3.8, 4) is 0 Å². The maximum absolute atomic E-state index is 13.6. The Labute approximate surface area is 106 Å². The molecule has 0 saturated heterocycles. The Bertz CT molecular complexity index is 559. The molecular weight excluding hydrogens is 230 g/mol. The van der Waals surface area contributed by atoms with Crippen LogP contribution < -0.4 is 0 Å². The van der Waals surface area contributed by atoms with Crippen LogP contribution in [0.25, 0.3) is 0 Å². The maximum Gasteiger partial charge on any atom is 0.126 e. The summed E-state index contributed by atoms with van der Waals surface area (Å²) in [5, 5.41) is 0. The standard InChI is InChI=1S/C16H16F2/c1-11-3-7-14(16(18)9-11)8-6-13-5-4-12(2)15(17)10-13/h3-5,7,9-10H,6,8H2,1-2H3. The number of hydrogen-bond acceptors (Lipinski definition) is 0. The van der Waals surface area contributed by atoms with E-state index in [-0.39, 0.29) is 11.6 Å². The highest BCUT2D eigenvalue weighted by atomic mass is 19.1. The molecular formula is C16H16F2. The van der Waals surface area contributed by atoms with Crippen molar-refractivity contribution in [1.29, 1.82) is 0 Å². The first kappa shape index (κ1) is 12.7. The van der Waals surface area contributed by atoms with Gasteiger partial charge in [-0.1, -0.05) is 24.3 Å². The van der Waals surface area contributed by atoms with Crippen LogP contribution in [0.4, 0.5) is 8.78 Å². The van der Waals surface area contributed by atoms with Crippen LogP contribution >= 0.6 is 0 Å². The van der Waals surface area contributed by atoms with Gasteiger partial charge in [-0.05, 0) is 61.1 Å². The van der Waals surface area contributed by atoms with E-state index in [1.54, 1.807) is 19.1 Å². The first-order valence-electron chi connectivity index (χ1n) is 6.06. The van der Waals surface area contributed by atoms with Crippen molar-refractivity contribution in [2.75, 3.05) is 0 Å². The molecule has 94 valence electrons. The highest BCUT2D eigenvalue weighted by molar-refractivity contribution is 5.27. The predicted octanol–water partition coefficient (Wildman–Crippen LogP) is 4.37. The number of rotatable bonds is 3. The van der Waals surface area contributed by atoms with Crippen molar-refractivity contribution in [3.63, 3.8) is 0 Å². The van der Waals surface area contributed by atoms with Crippen LogP contribution in [0.3, 0.4) is 0 Å². The molecule has 0 aliphatic rings. The second kappa shape index (κ2) is 5.30. The summed E-state index contributed by atoms with van der Waals surface area (Å²) in [6, 6.07) is 10.4. The lowest BCUT2D eigenvalue weighted by Gasteiger charge is -2.06. The van der Waals surface area contributed by atoms with Crippen LogP contribution in [0.5, 0.6) is 0 Å². The molecule has 2 aromatic rings. The van der Waals surface area contributed by atoms with Gasteiger partial charge < -0.3 is 0 Å². The van der Waals surface area contributed by atoms with E-state index in [2.05, 4.69) is 0 Å². The summed E-state index contributed by atoms with van der Waals surface area (Å²) in [5.41, 5.74) is 3.14. The Kier molecular flexibility index (Phi) is 3.75. The Morgan fingerprint density at radius 2 is 1.61 bits per heavy atom. The molecule has 2 aromatic carbocycles. The van der Waals surface area contributed by atoms with Crippen LogP contribution in [-0.2, 0) is 12.8 Å². The van der Waals surface area contributed by atoms with Crippen molar-refractivity contribution in [2.24, 2.45) is 0 Å². The zero-order chi connectivity index (χ0) is 13.1. The molecule has 0 radical (unpaired) electrons. The minimum atomic E-state index is -0.197. The molecule has 0 nitrogen and oxygen atoms in total. The molecule has 0 atom stereocenters. The van der Waals surface area contributed by atoms with Crippen LogP contribution in [-0.4, -0.2) is 0 Å². The van der Waals surface area contributed by atoms with Gasteiger partial charge in [-0.25, -0.2) is 8.78 Å². The van der Waals surface area contributed by atoms with E-state index < -0.39 is 0 Å². The Morgan fingerprint density at radius 1 is 0.833 bits per heavy atom. The quantitative estimate of drug-likeness (QED) is 0.754. The zero-order valence-electron chi connectivity index (χ0n) is 10.6. The summed E-state index contributed by atoms with van der Waals surface area (Å²) in [6.07, 6.45) is 1.24. The third kappa shape index (κ3) is 2.95. The van der Waals surface area contributed by atoms with E-state index >= 15 is 0 Å². The third-order valence-corrected chi connectivity index (χ3v) is 3.13. The smallest absolute Gasteiger partial charge is 0.126 e. The zero-order valence-corrected chi connectivity index (χ0v) is 10.6. The maximum atomic E-state index is 13.6. The first-order chi connectivity index (χ1) is 8.56. The molecule has 0 amide bonds. The van der Waals surface area contributed by atoms with Crippen LogP contribution in [0.2, 0.25) is 0 Å². The van der Waals surface area contributed by atoms with Gasteiger partial charge in [0.1, 0.15) is 11.6 Å². The third-order valence-electron chi connectivity index (χ3n) is 3.13. The number of aryl methyl sites for hydroxylation is 4. The number of benzene rings is 2. The molecule has 0 aliphatic carbocycles. The minimum Gasteiger partial charge on any atom is -0.207 e. The van der Waals surface area contributed by atoms with Gasteiger partial charge in [0.15, 0.2) is 0 Å². The van der Waals surface area contributed by atoms with Crippen molar-refractivity contribution in [3.05, 3.63) is 70.3 Å². The summed E-state index contributed by atoms with van der Waals surface area (Å²) in [5.74, 6) is -0.375. The average molecular weight is 246 g/mol. The highest BCUT2D eigenvalue weighted by Crippen LogP contribution is 2.15. The van der Waals surface area contributed by atoms with Gasteiger partial charge in [0.05, 0.1) is 0 Å². The van der Waals surface area contributed by atoms with E-state index in [0.717, 1.165) is 11.1 Å². The van der Waals surface area contributed by atoms with Gasteiger partial charge in [0, 0.05) is 0 Å². The van der Waals surface area contributed by atoms with Crippen molar-refractivity contribution in [2.45, 2.75) is 26.7 Å². The van der Waals surface area contributed by atoms with Crippen molar-refractivity contribution >= 4 is 0 Å². The molecule has 0 fully saturated rings. The molecule has 0 saturated carbocycles. The largest absolute Gasteiger partial charge is 0.207 e. The molecule has 0 heterocycles. The van der Waals surface area contributed by atoms with Crippen LogP contribution in [0.15, 0.2) is 36.4 Å². The lowest BCUT2D eigenvalue weighted by atomic mass is 10.0. The Morgan fingerprint density at radius 3 is 2.28 bits per heavy atom. The van der Waals surface area contributed by atoms with Crippen molar-refractivity contribution < 1.29 is 8.78 Å². The second-order valence-electron chi connectivity index (χ2n) is 4.68. The fourth-order valence-electron chi connectivity index (χ4n) is 1.93. The summed E-state index contributed by atoms with van der Waals surface area (Å²) >= 11 is 0. The fourth-order valence-corrected chi connectivity index (χ4v) is 1.93. The van der Waals surface area contributed by atoms with Crippen molar-refractivity contribution in [1.82, 2.24) is 0 Å². The summed E-state index contributed by atoms with van der Waals surface area (Å²) in [4.78, 5) is 0. The molecule has 0 N–H and O–H groups in total. The highest BCUT2D eigenvalue weighted by Gasteiger charge is 2.04. The molecule has 2 heteroatoms. The molecule has 0 unspecified atom stereocenters. The van der Waals surface area contributed by atoms with E-state index in [1.807, 2.05) is 19.1 Å². The molecule has 0 spiro atoms. The van der Waals surface area contributed by atoms with E-state index in [0.29, 0.717) is 24.0 Å². The normalized spacial score (nSPS) is 10.7. The van der Waals surface area contributed by atoms with Gasteiger partial charge in [-0.3, -0.25) is 0 Å². The summed E-state index contributed by atoms with van der Waals surface area (Å²) in [7, 11) is 0. The molecule has 0 aliphatic heterocycles. The molecule has 0 bridgehead atoms. The van der Waals surface area contributed by atoms with E-state index in [4.69, 9.17) is 0 Å². The molecule has 2 rings (SSSR count). The lowest BCUT2D eigenvalue weighted by Crippen LogP contribution is -1.96. The predicted molar refractivity (Wildman–Crippen MR) is 69.7 cm³/mol. The minimum absolute atomic E-state index is 0.178. The van der Waals surface area contributed by atoms with Gasteiger partial charge in [-0.2, -0.15) is 0 Å². The van der Waals surface area contributed by atoms with Gasteiger partial charge in [-0.15, -0.1) is 0 Å². The SMILES string of the molecule is Cc1ccc(CCc2ccc(C)c(F)c2)c(F)c1.